The van der Waals surface area contributed by atoms with Crippen LogP contribution < -0.4 is 14.2 Å². The Hall–Kier alpha value is -3.06. The van der Waals surface area contributed by atoms with E-state index in [9.17, 15) is 4.79 Å². The lowest BCUT2D eigenvalue weighted by molar-refractivity contribution is -0.128. The van der Waals surface area contributed by atoms with Gasteiger partial charge in [-0.1, -0.05) is 42.5 Å². The van der Waals surface area contributed by atoms with Gasteiger partial charge >= 0.3 is 5.97 Å². The number of hydrogen-bond donors (Lipinski definition) is 0. The van der Waals surface area contributed by atoms with Crippen LogP contribution in [-0.4, -0.2) is 20.2 Å². The maximum Gasteiger partial charge on any atom is 0.336 e. The molecule has 0 aliphatic heterocycles. The average Bonchev–Trinajstić information content (AvgIpc) is 2.78. The lowest BCUT2D eigenvalue weighted by Crippen LogP contribution is -2.03. The minimum absolute atomic E-state index is 0.466. The fourth-order valence-electron chi connectivity index (χ4n) is 2.78. The van der Waals surface area contributed by atoms with E-state index in [4.69, 9.17) is 14.2 Å². The van der Waals surface area contributed by atoms with Crippen molar-refractivity contribution in [2.24, 2.45) is 0 Å². The van der Waals surface area contributed by atoms with Gasteiger partial charge in [-0.2, -0.15) is 0 Å². The van der Waals surface area contributed by atoms with E-state index in [2.05, 4.69) is 22.6 Å². The van der Waals surface area contributed by atoms with Crippen molar-refractivity contribution in [2.45, 2.75) is 0 Å². The van der Waals surface area contributed by atoms with Gasteiger partial charge in [0.2, 0.25) is 0 Å². The summed E-state index contributed by atoms with van der Waals surface area (Å²) >= 11 is 2.20. The summed E-state index contributed by atoms with van der Waals surface area (Å²) in [5, 5.41) is 0. The molecule has 0 radical (unpaired) electrons. The van der Waals surface area contributed by atoms with Gasteiger partial charge in [0.15, 0.2) is 0 Å². The molecule has 3 aromatic carbocycles. The molecule has 0 atom stereocenters. The highest BCUT2D eigenvalue weighted by Crippen LogP contribution is 2.31. The Morgan fingerprint density at radius 3 is 2.23 bits per heavy atom. The first-order valence-electron chi connectivity index (χ1n) is 9.23. The molecule has 4 nitrogen and oxygen atoms in total. The number of halogens is 1. The molecule has 0 aliphatic rings. The van der Waals surface area contributed by atoms with Crippen molar-refractivity contribution in [3.8, 4) is 17.2 Å². The molecule has 0 aliphatic carbocycles. The molecule has 30 heavy (non-hydrogen) atoms. The Kier molecular flexibility index (Phi) is 7.68. The summed E-state index contributed by atoms with van der Waals surface area (Å²) in [6.07, 6.45) is 7.04. The van der Waals surface area contributed by atoms with Gasteiger partial charge in [0.05, 0.1) is 14.2 Å². The highest BCUT2D eigenvalue weighted by Gasteiger charge is 2.10. The fourth-order valence-corrected chi connectivity index (χ4v) is 3.14. The summed E-state index contributed by atoms with van der Waals surface area (Å²) < 4.78 is 17.4. The second-order valence-corrected chi connectivity index (χ2v) is 7.53. The van der Waals surface area contributed by atoms with Crippen molar-refractivity contribution >= 4 is 46.8 Å². The van der Waals surface area contributed by atoms with Crippen LogP contribution in [0, 0.1) is 3.57 Å². The van der Waals surface area contributed by atoms with E-state index < -0.39 is 5.97 Å². The average molecular weight is 512 g/mol. The van der Waals surface area contributed by atoms with E-state index in [1.54, 1.807) is 38.5 Å². The fraction of sp³-hybridized carbons (Fsp3) is 0.0800. The molecule has 0 fully saturated rings. The Bertz CT molecular complexity index is 1050. The van der Waals surface area contributed by atoms with Crippen LogP contribution in [0.4, 0.5) is 0 Å². The molecule has 3 rings (SSSR count). The molecular formula is C25H21IO4. The molecule has 152 valence electrons. The number of hydrogen-bond acceptors (Lipinski definition) is 4. The molecule has 0 bridgehead atoms. The third-order valence-electron chi connectivity index (χ3n) is 4.28. The Morgan fingerprint density at radius 1 is 0.833 bits per heavy atom. The quantitative estimate of drug-likeness (QED) is 0.126. The molecule has 3 aromatic rings. The molecule has 0 unspecified atom stereocenters. The lowest BCUT2D eigenvalue weighted by Gasteiger charge is -2.11. The first-order chi connectivity index (χ1) is 14.6. The molecule has 0 spiro atoms. The maximum absolute atomic E-state index is 12.3. The summed E-state index contributed by atoms with van der Waals surface area (Å²) in [4.78, 5) is 12.3. The first-order valence-corrected chi connectivity index (χ1v) is 10.3. The number of methoxy groups -OCH3 is 2. The van der Waals surface area contributed by atoms with E-state index in [1.807, 2.05) is 60.7 Å². The molecule has 0 amide bonds. The summed E-state index contributed by atoms with van der Waals surface area (Å²) in [5.41, 5.74) is 2.67. The topological polar surface area (TPSA) is 44.8 Å². The second-order valence-electron chi connectivity index (χ2n) is 6.28. The molecule has 5 heteroatoms. The zero-order valence-corrected chi connectivity index (χ0v) is 18.8. The molecule has 0 N–H and O–H groups in total. The number of carbonyl (C=O) groups excluding carboxylic acids is 1. The molecule has 0 heterocycles. The van der Waals surface area contributed by atoms with Gasteiger partial charge in [0.1, 0.15) is 17.2 Å². The summed E-state index contributed by atoms with van der Waals surface area (Å²) in [6, 6.07) is 20.9. The van der Waals surface area contributed by atoms with Gasteiger partial charge < -0.3 is 14.2 Å². The van der Waals surface area contributed by atoms with Crippen LogP contribution in [-0.2, 0) is 4.79 Å². The van der Waals surface area contributed by atoms with Crippen LogP contribution in [0.25, 0.3) is 18.2 Å². The van der Waals surface area contributed by atoms with E-state index in [0.717, 1.165) is 20.3 Å². The van der Waals surface area contributed by atoms with Gasteiger partial charge in [0.25, 0.3) is 0 Å². The Morgan fingerprint density at radius 2 is 1.57 bits per heavy atom. The minimum Gasteiger partial charge on any atom is -0.497 e. The van der Waals surface area contributed by atoms with Crippen molar-refractivity contribution in [2.75, 3.05) is 14.2 Å². The van der Waals surface area contributed by atoms with Gasteiger partial charge in [0, 0.05) is 21.3 Å². The second kappa shape index (κ2) is 10.6. The van der Waals surface area contributed by atoms with E-state index in [0.29, 0.717) is 17.2 Å². The SMILES string of the molecule is COc1cc(/C=C/c2ccccc2)c(/C=C/C(=O)Oc2ccc(I)cc2)c(OC)c1. The normalized spacial score (nSPS) is 11.0. The van der Waals surface area contributed by atoms with Crippen LogP contribution in [0.1, 0.15) is 16.7 Å². The minimum atomic E-state index is -0.466. The Labute approximate surface area is 189 Å². The predicted molar refractivity (Wildman–Crippen MR) is 129 cm³/mol. The number of rotatable bonds is 7. The third kappa shape index (κ3) is 5.97. The Balaban J connectivity index is 1.89. The van der Waals surface area contributed by atoms with E-state index in [1.165, 1.54) is 6.08 Å². The highest BCUT2D eigenvalue weighted by atomic mass is 127. The maximum atomic E-state index is 12.3. The number of esters is 1. The van der Waals surface area contributed by atoms with Gasteiger partial charge in [-0.05, 0) is 70.1 Å². The van der Waals surface area contributed by atoms with Crippen LogP contribution in [0.3, 0.4) is 0 Å². The lowest BCUT2D eigenvalue weighted by atomic mass is 10.0. The van der Waals surface area contributed by atoms with E-state index >= 15 is 0 Å². The van der Waals surface area contributed by atoms with E-state index in [-0.39, 0.29) is 0 Å². The first kappa shape index (κ1) is 21.6. The summed E-state index contributed by atoms with van der Waals surface area (Å²) in [5.74, 6) is 1.29. The van der Waals surface area contributed by atoms with Crippen LogP contribution in [0.15, 0.2) is 72.8 Å². The largest absolute Gasteiger partial charge is 0.497 e. The van der Waals surface area contributed by atoms with Crippen LogP contribution in [0.5, 0.6) is 17.2 Å². The van der Waals surface area contributed by atoms with Crippen molar-refractivity contribution in [3.05, 3.63) is 93.1 Å². The van der Waals surface area contributed by atoms with Crippen molar-refractivity contribution in [1.29, 1.82) is 0 Å². The van der Waals surface area contributed by atoms with Crippen molar-refractivity contribution < 1.29 is 19.0 Å². The smallest absolute Gasteiger partial charge is 0.336 e. The van der Waals surface area contributed by atoms with Gasteiger partial charge in [-0.3, -0.25) is 0 Å². The zero-order valence-electron chi connectivity index (χ0n) is 16.7. The third-order valence-corrected chi connectivity index (χ3v) is 5.00. The van der Waals surface area contributed by atoms with Crippen molar-refractivity contribution in [1.82, 2.24) is 0 Å². The highest BCUT2D eigenvalue weighted by molar-refractivity contribution is 14.1. The van der Waals surface area contributed by atoms with Crippen LogP contribution in [0.2, 0.25) is 0 Å². The molecule has 0 saturated carbocycles. The number of carbonyl (C=O) groups is 1. The number of ether oxygens (including phenoxy) is 3. The monoisotopic (exact) mass is 512 g/mol. The molecule has 0 aromatic heterocycles. The summed E-state index contributed by atoms with van der Waals surface area (Å²) in [6.45, 7) is 0. The van der Waals surface area contributed by atoms with Crippen molar-refractivity contribution in [3.63, 3.8) is 0 Å². The van der Waals surface area contributed by atoms with Crippen LogP contribution >= 0.6 is 22.6 Å². The molecular weight excluding hydrogens is 491 g/mol. The standard InChI is InChI=1S/C25H21IO4/c1-28-22-16-19(9-8-18-6-4-3-5-7-18)23(24(17-22)29-2)14-15-25(27)30-21-12-10-20(26)11-13-21/h3-17H,1-2H3/b9-8+,15-14+. The number of benzene rings is 3. The van der Waals surface area contributed by atoms with Gasteiger partial charge in [-0.15, -0.1) is 0 Å². The zero-order chi connectivity index (χ0) is 21.3. The summed E-state index contributed by atoms with van der Waals surface area (Å²) in [7, 11) is 3.19. The predicted octanol–water partition coefficient (Wildman–Crippen LogP) is 6.10. The van der Waals surface area contributed by atoms with Gasteiger partial charge in [-0.25, -0.2) is 4.79 Å². The molecule has 0 saturated heterocycles.